The van der Waals surface area contributed by atoms with Crippen molar-refractivity contribution in [3.63, 3.8) is 0 Å². The van der Waals surface area contributed by atoms with Crippen LogP contribution in [0.1, 0.15) is 16.8 Å². The summed E-state index contributed by atoms with van der Waals surface area (Å²) in [6.07, 6.45) is 1.11. The highest BCUT2D eigenvalue weighted by Gasteiger charge is 2.40. The van der Waals surface area contributed by atoms with Crippen molar-refractivity contribution in [2.75, 3.05) is 26.4 Å². The fourth-order valence-corrected chi connectivity index (χ4v) is 3.30. The molecule has 1 amide bonds. The van der Waals surface area contributed by atoms with Gasteiger partial charge in [0.15, 0.2) is 11.5 Å². The van der Waals surface area contributed by atoms with Gasteiger partial charge < -0.3 is 19.7 Å². The van der Waals surface area contributed by atoms with Gasteiger partial charge in [0.1, 0.15) is 0 Å². The number of benzene rings is 1. The van der Waals surface area contributed by atoms with E-state index in [0.29, 0.717) is 23.3 Å². The van der Waals surface area contributed by atoms with Gasteiger partial charge in [0.25, 0.3) is 5.91 Å². The second-order valence-corrected chi connectivity index (χ2v) is 5.34. The molecule has 0 spiro atoms. The van der Waals surface area contributed by atoms with Gasteiger partial charge >= 0.3 is 0 Å². The van der Waals surface area contributed by atoms with Gasteiger partial charge in [0, 0.05) is 31.2 Å². The van der Waals surface area contributed by atoms with Crippen molar-refractivity contribution in [1.29, 1.82) is 0 Å². The van der Waals surface area contributed by atoms with Crippen molar-refractivity contribution >= 4 is 5.91 Å². The van der Waals surface area contributed by atoms with E-state index in [1.807, 2.05) is 17.0 Å². The van der Waals surface area contributed by atoms with E-state index in [1.54, 1.807) is 6.07 Å². The molecule has 1 N–H and O–H groups in total. The molecule has 3 aliphatic rings. The summed E-state index contributed by atoms with van der Waals surface area (Å²) < 4.78 is 10.6. The Bertz CT molecular complexity index is 531. The Morgan fingerprint density at radius 1 is 1.26 bits per heavy atom. The highest BCUT2D eigenvalue weighted by atomic mass is 16.7. The Hall–Kier alpha value is -1.75. The van der Waals surface area contributed by atoms with E-state index in [1.165, 1.54) is 0 Å². The van der Waals surface area contributed by atoms with Crippen molar-refractivity contribution in [3.8, 4) is 11.5 Å². The third kappa shape index (κ3) is 1.69. The lowest BCUT2D eigenvalue weighted by Gasteiger charge is -2.23. The van der Waals surface area contributed by atoms with E-state index in [2.05, 4.69) is 5.32 Å². The minimum atomic E-state index is 0.106. The summed E-state index contributed by atoms with van der Waals surface area (Å²) in [6, 6.07) is 5.79. The fraction of sp³-hybridized carbons (Fsp3) is 0.500. The van der Waals surface area contributed by atoms with Crippen molar-refractivity contribution in [3.05, 3.63) is 23.8 Å². The predicted octanol–water partition coefficient (Wildman–Crippen LogP) is 0.849. The molecule has 0 saturated carbocycles. The minimum absolute atomic E-state index is 0.106. The summed E-state index contributed by atoms with van der Waals surface area (Å²) in [7, 11) is 0. The number of fused-ring (bicyclic) bond motifs is 2. The zero-order chi connectivity index (χ0) is 12.8. The Balaban J connectivity index is 1.60. The smallest absolute Gasteiger partial charge is 0.254 e. The molecule has 1 aromatic carbocycles. The Morgan fingerprint density at radius 3 is 3.11 bits per heavy atom. The lowest BCUT2D eigenvalue weighted by atomic mass is 10.0. The number of carbonyl (C=O) groups excluding carboxylic acids is 1. The van der Waals surface area contributed by atoms with Crippen LogP contribution in [0.5, 0.6) is 11.5 Å². The van der Waals surface area contributed by atoms with Gasteiger partial charge in [-0.1, -0.05) is 0 Å². The molecule has 100 valence electrons. The standard InChI is InChI=1S/C14H16N2O3/c17-14(16-4-3-10-6-15-7-11(10)16)9-1-2-12-13(5-9)19-8-18-12/h1-2,5,10-11,15H,3-4,6-8H2/t10-,11+/m0/s1. The number of hydrogen-bond acceptors (Lipinski definition) is 4. The highest BCUT2D eigenvalue weighted by molar-refractivity contribution is 5.95. The summed E-state index contributed by atoms with van der Waals surface area (Å²) in [6.45, 7) is 3.06. The second kappa shape index (κ2) is 4.13. The molecule has 5 nitrogen and oxygen atoms in total. The number of nitrogens with zero attached hydrogens (tertiary/aromatic N) is 1. The SMILES string of the molecule is O=C(c1ccc2c(c1)OCO2)N1CC[C@H]2CNC[C@H]21. The van der Waals surface area contributed by atoms with Crippen molar-refractivity contribution in [1.82, 2.24) is 10.2 Å². The molecule has 5 heteroatoms. The number of likely N-dealkylation sites (tertiary alicyclic amines) is 1. The normalized spacial score (nSPS) is 27.7. The Labute approximate surface area is 111 Å². The zero-order valence-corrected chi connectivity index (χ0v) is 10.6. The maximum atomic E-state index is 12.6. The van der Waals surface area contributed by atoms with Crippen molar-refractivity contribution < 1.29 is 14.3 Å². The Morgan fingerprint density at radius 2 is 2.16 bits per heavy atom. The third-order valence-corrected chi connectivity index (χ3v) is 4.33. The monoisotopic (exact) mass is 260 g/mol. The van der Waals surface area contributed by atoms with Crippen molar-refractivity contribution in [2.24, 2.45) is 5.92 Å². The van der Waals surface area contributed by atoms with Crippen LogP contribution in [0.2, 0.25) is 0 Å². The average molecular weight is 260 g/mol. The zero-order valence-electron chi connectivity index (χ0n) is 10.6. The molecule has 19 heavy (non-hydrogen) atoms. The first-order valence-electron chi connectivity index (χ1n) is 6.74. The number of carbonyl (C=O) groups is 1. The molecule has 2 atom stereocenters. The van der Waals surface area contributed by atoms with Crippen LogP contribution in [0.25, 0.3) is 0 Å². The molecule has 4 rings (SSSR count). The van der Waals surface area contributed by atoms with E-state index in [-0.39, 0.29) is 12.7 Å². The fourth-order valence-electron chi connectivity index (χ4n) is 3.30. The summed E-state index contributed by atoms with van der Waals surface area (Å²) in [5.41, 5.74) is 0.691. The topological polar surface area (TPSA) is 50.8 Å². The first-order chi connectivity index (χ1) is 9.33. The number of nitrogens with one attached hydrogen (secondary N) is 1. The number of rotatable bonds is 1. The summed E-state index contributed by atoms with van der Waals surface area (Å²) >= 11 is 0. The number of hydrogen-bond donors (Lipinski definition) is 1. The van der Waals surface area contributed by atoms with Crippen LogP contribution in [0.3, 0.4) is 0 Å². The van der Waals surface area contributed by atoms with E-state index >= 15 is 0 Å². The summed E-state index contributed by atoms with van der Waals surface area (Å²) in [5.74, 6) is 2.12. The van der Waals surface area contributed by atoms with Gasteiger partial charge in [-0.3, -0.25) is 4.79 Å². The van der Waals surface area contributed by atoms with E-state index in [0.717, 1.165) is 31.8 Å². The lowest BCUT2D eigenvalue weighted by Crippen LogP contribution is -2.39. The second-order valence-electron chi connectivity index (χ2n) is 5.34. The maximum absolute atomic E-state index is 12.6. The maximum Gasteiger partial charge on any atom is 0.254 e. The quantitative estimate of drug-likeness (QED) is 0.813. The molecule has 1 aromatic rings. The van der Waals surface area contributed by atoms with Gasteiger partial charge in [-0.15, -0.1) is 0 Å². The minimum Gasteiger partial charge on any atom is -0.454 e. The van der Waals surface area contributed by atoms with E-state index < -0.39 is 0 Å². The van der Waals surface area contributed by atoms with E-state index in [4.69, 9.17) is 9.47 Å². The number of ether oxygens (including phenoxy) is 2. The van der Waals surface area contributed by atoms with Gasteiger partial charge in [0.2, 0.25) is 6.79 Å². The van der Waals surface area contributed by atoms with Gasteiger partial charge in [-0.25, -0.2) is 0 Å². The van der Waals surface area contributed by atoms with Crippen LogP contribution in [-0.2, 0) is 0 Å². The molecule has 3 heterocycles. The van der Waals surface area contributed by atoms with Gasteiger partial charge in [0.05, 0.1) is 0 Å². The summed E-state index contributed by atoms with van der Waals surface area (Å²) in [5, 5.41) is 3.36. The molecular formula is C14H16N2O3. The molecule has 2 fully saturated rings. The predicted molar refractivity (Wildman–Crippen MR) is 68.4 cm³/mol. The van der Waals surface area contributed by atoms with Crippen molar-refractivity contribution in [2.45, 2.75) is 12.5 Å². The van der Waals surface area contributed by atoms with Gasteiger partial charge in [-0.05, 0) is 30.5 Å². The van der Waals surface area contributed by atoms with Crippen LogP contribution in [0.15, 0.2) is 18.2 Å². The van der Waals surface area contributed by atoms with E-state index in [9.17, 15) is 4.79 Å². The molecule has 0 unspecified atom stereocenters. The van der Waals surface area contributed by atoms with Gasteiger partial charge in [-0.2, -0.15) is 0 Å². The number of amides is 1. The van der Waals surface area contributed by atoms with Crippen LogP contribution in [0, 0.1) is 5.92 Å². The summed E-state index contributed by atoms with van der Waals surface area (Å²) in [4.78, 5) is 14.6. The van der Waals surface area contributed by atoms with Crippen LogP contribution >= 0.6 is 0 Å². The van der Waals surface area contributed by atoms with Crippen LogP contribution < -0.4 is 14.8 Å². The molecular weight excluding hydrogens is 244 g/mol. The molecule has 0 bridgehead atoms. The molecule has 2 saturated heterocycles. The molecule has 3 aliphatic heterocycles. The highest BCUT2D eigenvalue weighted by Crippen LogP contribution is 2.34. The molecule has 0 radical (unpaired) electrons. The average Bonchev–Trinajstić information content (AvgIpc) is 3.12. The largest absolute Gasteiger partial charge is 0.454 e. The third-order valence-electron chi connectivity index (χ3n) is 4.33. The van der Waals surface area contributed by atoms with Crippen LogP contribution in [-0.4, -0.2) is 43.3 Å². The van der Waals surface area contributed by atoms with Crippen LogP contribution in [0.4, 0.5) is 0 Å². The molecule has 0 aliphatic carbocycles. The first-order valence-corrected chi connectivity index (χ1v) is 6.74. The lowest BCUT2D eigenvalue weighted by molar-refractivity contribution is 0.0736. The first kappa shape index (κ1) is 11.1. The Kier molecular flexibility index (Phi) is 2.41. The molecule has 0 aromatic heterocycles.